The molecule has 0 saturated carbocycles. The van der Waals surface area contributed by atoms with Crippen LogP contribution in [0.5, 0.6) is 0 Å². The third kappa shape index (κ3) is 5.51. The maximum Gasteiger partial charge on any atom is 0.313 e. The number of carbonyl (C=O) groups excluding carboxylic acids is 2. The van der Waals surface area contributed by atoms with Crippen LogP contribution < -0.4 is 10.6 Å². The van der Waals surface area contributed by atoms with Gasteiger partial charge in [-0.2, -0.15) is 0 Å². The minimum atomic E-state index is -0.827. The molecule has 0 unspecified atom stereocenters. The van der Waals surface area contributed by atoms with Crippen molar-refractivity contribution in [3.05, 3.63) is 64.9 Å². The molecule has 2 N–H and O–H groups in total. The number of nitrogens with one attached hydrogen (secondary N) is 2. The molecular weight excluding hydrogens is 385 g/mol. The van der Waals surface area contributed by atoms with Crippen LogP contribution in [-0.4, -0.2) is 49.5 Å². The Hall–Kier alpha value is -2.48. The van der Waals surface area contributed by atoms with E-state index in [4.69, 9.17) is 16.3 Å². The van der Waals surface area contributed by atoms with Crippen LogP contribution in [0.3, 0.4) is 0 Å². The van der Waals surface area contributed by atoms with Gasteiger partial charge in [-0.15, -0.1) is 0 Å². The number of nitrogens with zero attached hydrogens (tertiary/aromatic N) is 1. The molecule has 1 saturated heterocycles. The highest BCUT2D eigenvalue weighted by Gasteiger charge is 2.22. The summed E-state index contributed by atoms with van der Waals surface area (Å²) in [6.45, 7) is 3.03. The second kappa shape index (κ2) is 9.64. The summed E-state index contributed by atoms with van der Waals surface area (Å²) in [4.78, 5) is 26.1. The zero-order valence-corrected chi connectivity index (χ0v) is 15.9. The summed E-state index contributed by atoms with van der Waals surface area (Å²) < 4.78 is 19.0. The average Bonchev–Trinajstić information content (AvgIpc) is 2.71. The fourth-order valence-electron chi connectivity index (χ4n) is 2.94. The molecule has 1 heterocycles. The van der Waals surface area contributed by atoms with Crippen LogP contribution in [0.4, 0.5) is 10.1 Å². The van der Waals surface area contributed by atoms with Crippen molar-refractivity contribution in [3.8, 4) is 0 Å². The van der Waals surface area contributed by atoms with Crippen molar-refractivity contribution < 1.29 is 18.7 Å². The second-order valence-corrected chi connectivity index (χ2v) is 6.82. The van der Waals surface area contributed by atoms with Gasteiger partial charge >= 0.3 is 11.8 Å². The van der Waals surface area contributed by atoms with Gasteiger partial charge in [-0.05, 0) is 23.8 Å². The number of rotatable bonds is 5. The number of hydrogen-bond donors (Lipinski definition) is 2. The Kier molecular flexibility index (Phi) is 6.97. The van der Waals surface area contributed by atoms with E-state index in [0.29, 0.717) is 19.7 Å². The Balaban J connectivity index is 1.43. The zero-order valence-electron chi connectivity index (χ0n) is 15.2. The molecule has 2 aromatic rings. The maximum atomic E-state index is 13.1. The zero-order chi connectivity index (χ0) is 19.9. The van der Waals surface area contributed by atoms with E-state index < -0.39 is 17.6 Å². The molecule has 1 atom stereocenters. The van der Waals surface area contributed by atoms with E-state index in [1.165, 1.54) is 12.1 Å². The van der Waals surface area contributed by atoms with Crippen LogP contribution in [0, 0.1) is 5.82 Å². The van der Waals surface area contributed by atoms with Crippen molar-refractivity contribution in [1.82, 2.24) is 10.2 Å². The first-order valence-corrected chi connectivity index (χ1v) is 9.34. The summed E-state index contributed by atoms with van der Waals surface area (Å²) in [5.74, 6) is -2.18. The minimum Gasteiger partial charge on any atom is -0.371 e. The molecule has 0 spiro atoms. The Morgan fingerprint density at radius 3 is 2.71 bits per heavy atom. The summed E-state index contributed by atoms with van der Waals surface area (Å²) in [5.41, 5.74) is 1.37. The Morgan fingerprint density at radius 2 is 1.96 bits per heavy atom. The highest BCUT2D eigenvalue weighted by atomic mass is 35.5. The van der Waals surface area contributed by atoms with Crippen molar-refractivity contribution >= 4 is 29.1 Å². The summed E-state index contributed by atoms with van der Waals surface area (Å²) in [7, 11) is 0. The number of ether oxygens (including phenoxy) is 1. The fraction of sp³-hybridized carbons (Fsp3) is 0.300. The number of anilines is 1. The monoisotopic (exact) mass is 405 g/mol. The molecular formula is C20H21ClFN3O3. The molecule has 28 heavy (non-hydrogen) atoms. The molecule has 0 bridgehead atoms. The lowest BCUT2D eigenvalue weighted by molar-refractivity contribution is -0.136. The van der Waals surface area contributed by atoms with Crippen LogP contribution in [0.1, 0.15) is 11.7 Å². The third-order valence-corrected chi connectivity index (χ3v) is 4.71. The normalized spacial score (nSPS) is 17.1. The first-order chi connectivity index (χ1) is 13.5. The Morgan fingerprint density at radius 1 is 1.18 bits per heavy atom. The van der Waals surface area contributed by atoms with E-state index in [9.17, 15) is 14.0 Å². The SMILES string of the molecule is O=C(NCCN1CCO[C@H](c2ccccc2)C1)C(=O)Nc1ccc(F)c(Cl)c1. The van der Waals surface area contributed by atoms with Crippen LogP contribution in [-0.2, 0) is 14.3 Å². The van der Waals surface area contributed by atoms with E-state index in [2.05, 4.69) is 15.5 Å². The molecule has 2 amide bonds. The molecule has 1 aliphatic rings. The van der Waals surface area contributed by atoms with Gasteiger partial charge in [0.25, 0.3) is 0 Å². The van der Waals surface area contributed by atoms with Gasteiger partial charge in [0, 0.05) is 31.9 Å². The van der Waals surface area contributed by atoms with E-state index in [0.717, 1.165) is 24.7 Å². The number of hydrogen-bond acceptors (Lipinski definition) is 4. The molecule has 1 fully saturated rings. The lowest BCUT2D eigenvalue weighted by Gasteiger charge is -2.33. The second-order valence-electron chi connectivity index (χ2n) is 6.41. The molecule has 2 aromatic carbocycles. The molecule has 6 nitrogen and oxygen atoms in total. The van der Waals surface area contributed by atoms with Crippen molar-refractivity contribution in [2.45, 2.75) is 6.10 Å². The first-order valence-electron chi connectivity index (χ1n) is 8.96. The third-order valence-electron chi connectivity index (χ3n) is 4.42. The summed E-state index contributed by atoms with van der Waals surface area (Å²) in [6, 6.07) is 13.7. The number of halogens is 2. The van der Waals surface area contributed by atoms with E-state index >= 15 is 0 Å². The lowest BCUT2D eigenvalue weighted by Crippen LogP contribution is -2.44. The van der Waals surface area contributed by atoms with Crippen LogP contribution in [0.25, 0.3) is 0 Å². The molecule has 3 rings (SSSR count). The van der Waals surface area contributed by atoms with Crippen molar-refractivity contribution in [2.24, 2.45) is 0 Å². The number of amides is 2. The molecule has 8 heteroatoms. The molecule has 148 valence electrons. The van der Waals surface area contributed by atoms with Gasteiger partial charge in [0.15, 0.2) is 0 Å². The Labute approximate surface area is 167 Å². The number of benzene rings is 2. The van der Waals surface area contributed by atoms with Crippen molar-refractivity contribution in [2.75, 3.05) is 38.1 Å². The quantitative estimate of drug-likeness (QED) is 0.750. The highest BCUT2D eigenvalue weighted by molar-refractivity contribution is 6.39. The fourth-order valence-corrected chi connectivity index (χ4v) is 3.13. The minimum absolute atomic E-state index is 0.00262. The van der Waals surface area contributed by atoms with E-state index in [-0.39, 0.29) is 16.8 Å². The topological polar surface area (TPSA) is 70.7 Å². The molecule has 0 aliphatic carbocycles. The van der Waals surface area contributed by atoms with Crippen molar-refractivity contribution in [3.63, 3.8) is 0 Å². The predicted octanol–water partition coefficient (Wildman–Crippen LogP) is 2.61. The van der Waals surface area contributed by atoms with Crippen LogP contribution in [0.2, 0.25) is 5.02 Å². The van der Waals surface area contributed by atoms with Gasteiger partial charge in [-0.3, -0.25) is 14.5 Å². The average molecular weight is 406 g/mol. The van der Waals surface area contributed by atoms with E-state index in [1.54, 1.807) is 0 Å². The number of morpholine rings is 1. The van der Waals surface area contributed by atoms with Gasteiger partial charge in [-0.25, -0.2) is 4.39 Å². The van der Waals surface area contributed by atoms with Crippen molar-refractivity contribution in [1.29, 1.82) is 0 Å². The van der Waals surface area contributed by atoms with Crippen LogP contribution >= 0.6 is 11.6 Å². The maximum absolute atomic E-state index is 13.1. The largest absolute Gasteiger partial charge is 0.371 e. The number of carbonyl (C=O) groups is 2. The van der Waals surface area contributed by atoms with Gasteiger partial charge in [-0.1, -0.05) is 41.9 Å². The molecule has 0 aromatic heterocycles. The van der Waals surface area contributed by atoms with E-state index in [1.807, 2.05) is 30.3 Å². The summed E-state index contributed by atoms with van der Waals surface area (Å²) in [6.07, 6.45) is -0.00262. The summed E-state index contributed by atoms with van der Waals surface area (Å²) >= 11 is 5.66. The predicted molar refractivity (Wildman–Crippen MR) is 105 cm³/mol. The standard InChI is InChI=1S/C20H21ClFN3O3/c21-16-12-15(6-7-17(16)22)24-20(27)19(26)23-8-9-25-10-11-28-18(13-25)14-4-2-1-3-5-14/h1-7,12,18H,8-11,13H2,(H,23,26)(H,24,27)/t18-/m0/s1. The van der Waals surface area contributed by atoms with Gasteiger partial charge < -0.3 is 15.4 Å². The first kappa shape index (κ1) is 20.3. The van der Waals surface area contributed by atoms with Crippen LogP contribution in [0.15, 0.2) is 48.5 Å². The summed E-state index contributed by atoms with van der Waals surface area (Å²) in [5, 5.41) is 4.85. The molecule has 0 radical (unpaired) electrons. The van der Waals surface area contributed by atoms with Gasteiger partial charge in [0.05, 0.1) is 17.7 Å². The molecule has 1 aliphatic heterocycles. The smallest absolute Gasteiger partial charge is 0.313 e. The highest BCUT2D eigenvalue weighted by Crippen LogP contribution is 2.21. The Bertz CT molecular complexity index is 835. The van der Waals surface area contributed by atoms with Gasteiger partial charge in [0.1, 0.15) is 5.82 Å². The van der Waals surface area contributed by atoms with Gasteiger partial charge in [0.2, 0.25) is 0 Å². The lowest BCUT2D eigenvalue weighted by atomic mass is 10.1.